The smallest absolute Gasteiger partial charge is 0.243 e. The van der Waals surface area contributed by atoms with E-state index in [4.69, 9.17) is 11.6 Å². The van der Waals surface area contributed by atoms with Gasteiger partial charge < -0.3 is 0 Å². The molecule has 1 aromatic carbocycles. The SMILES string of the molecule is O=C(Cl)Cc1ccc(S(=O)(=O)N2CCCCCC2)cc1. The second kappa shape index (κ2) is 6.70. The van der Waals surface area contributed by atoms with Crippen LogP contribution in [0.3, 0.4) is 0 Å². The van der Waals surface area contributed by atoms with Gasteiger partial charge in [-0.05, 0) is 42.1 Å². The molecule has 0 aromatic heterocycles. The number of carbonyl (C=O) groups is 1. The van der Waals surface area contributed by atoms with Crippen molar-refractivity contribution in [1.82, 2.24) is 4.31 Å². The fourth-order valence-electron chi connectivity index (χ4n) is 2.37. The van der Waals surface area contributed by atoms with Crippen LogP contribution in [0.1, 0.15) is 31.2 Å². The maximum Gasteiger partial charge on any atom is 0.243 e. The van der Waals surface area contributed by atoms with Crippen LogP contribution in [0.25, 0.3) is 0 Å². The molecule has 4 nitrogen and oxygen atoms in total. The summed E-state index contributed by atoms with van der Waals surface area (Å²) in [4.78, 5) is 11.1. The highest BCUT2D eigenvalue weighted by atomic mass is 35.5. The van der Waals surface area contributed by atoms with E-state index in [-0.39, 0.29) is 11.3 Å². The molecule has 0 spiro atoms. The highest BCUT2D eigenvalue weighted by Crippen LogP contribution is 2.20. The van der Waals surface area contributed by atoms with Crippen LogP contribution >= 0.6 is 11.6 Å². The lowest BCUT2D eigenvalue weighted by Gasteiger charge is -2.20. The van der Waals surface area contributed by atoms with Gasteiger partial charge in [-0.3, -0.25) is 4.79 Å². The number of sulfonamides is 1. The standard InChI is InChI=1S/C14H18ClNO3S/c15-14(17)11-12-5-7-13(8-6-12)20(18,19)16-9-3-1-2-4-10-16/h5-8H,1-4,9-11H2. The summed E-state index contributed by atoms with van der Waals surface area (Å²) in [7, 11) is -3.42. The van der Waals surface area contributed by atoms with Gasteiger partial charge in [0.25, 0.3) is 0 Å². The van der Waals surface area contributed by atoms with Crippen molar-refractivity contribution in [3.8, 4) is 0 Å². The topological polar surface area (TPSA) is 54.5 Å². The molecule has 1 aliphatic heterocycles. The molecule has 1 aromatic rings. The molecule has 0 aliphatic carbocycles. The lowest BCUT2D eigenvalue weighted by molar-refractivity contribution is -0.111. The fraction of sp³-hybridized carbons (Fsp3) is 0.500. The number of hydrogen-bond donors (Lipinski definition) is 0. The van der Waals surface area contributed by atoms with Crippen LogP contribution in [-0.2, 0) is 21.2 Å². The van der Waals surface area contributed by atoms with Crippen LogP contribution in [0.15, 0.2) is 29.2 Å². The van der Waals surface area contributed by atoms with E-state index >= 15 is 0 Å². The number of benzene rings is 1. The van der Waals surface area contributed by atoms with Crippen molar-refractivity contribution >= 4 is 26.9 Å². The van der Waals surface area contributed by atoms with Gasteiger partial charge in [-0.1, -0.05) is 25.0 Å². The fourth-order valence-corrected chi connectivity index (χ4v) is 4.04. The molecule has 1 aliphatic rings. The summed E-state index contributed by atoms with van der Waals surface area (Å²) >= 11 is 5.32. The molecule has 0 N–H and O–H groups in total. The van der Waals surface area contributed by atoms with Crippen LogP contribution in [0, 0.1) is 0 Å². The maximum atomic E-state index is 12.5. The zero-order valence-electron chi connectivity index (χ0n) is 11.2. The van der Waals surface area contributed by atoms with Crippen LogP contribution < -0.4 is 0 Å². The number of carbonyl (C=O) groups excluding carboxylic acids is 1. The zero-order valence-corrected chi connectivity index (χ0v) is 12.8. The summed E-state index contributed by atoms with van der Waals surface area (Å²) in [6, 6.07) is 6.39. The van der Waals surface area contributed by atoms with Crippen molar-refractivity contribution < 1.29 is 13.2 Å². The summed E-state index contributed by atoms with van der Waals surface area (Å²) in [5.41, 5.74) is 0.722. The highest BCUT2D eigenvalue weighted by Gasteiger charge is 2.24. The largest absolute Gasteiger partial charge is 0.281 e. The van der Waals surface area contributed by atoms with Gasteiger partial charge in [-0.2, -0.15) is 4.31 Å². The second-order valence-electron chi connectivity index (χ2n) is 4.99. The first kappa shape index (κ1) is 15.5. The molecule has 0 radical (unpaired) electrons. The molecule has 2 rings (SSSR count). The molecular formula is C14H18ClNO3S. The van der Waals surface area contributed by atoms with Gasteiger partial charge in [0.2, 0.25) is 15.3 Å². The van der Waals surface area contributed by atoms with Crippen molar-refractivity contribution in [1.29, 1.82) is 0 Å². The van der Waals surface area contributed by atoms with E-state index in [1.807, 2.05) is 0 Å². The molecule has 110 valence electrons. The lowest BCUT2D eigenvalue weighted by atomic mass is 10.2. The third-order valence-corrected chi connectivity index (χ3v) is 5.52. The molecule has 1 heterocycles. The molecule has 0 atom stereocenters. The summed E-state index contributed by atoms with van der Waals surface area (Å²) < 4.78 is 26.6. The monoisotopic (exact) mass is 315 g/mol. The van der Waals surface area contributed by atoms with Gasteiger partial charge in [-0.15, -0.1) is 0 Å². The van der Waals surface area contributed by atoms with Crippen LogP contribution in [-0.4, -0.2) is 31.1 Å². The average molecular weight is 316 g/mol. The Morgan fingerprint density at radius 3 is 2.10 bits per heavy atom. The molecule has 1 fully saturated rings. The number of halogens is 1. The third-order valence-electron chi connectivity index (χ3n) is 3.47. The van der Waals surface area contributed by atoms with Gasteiger partial charge in [0.05, 0.1) is 4.90 Å². The summed E-state index contributed by atoms with van der Waals surface area (Å²) in [5, 5.41) is -0.451. The first-order valence-electron chi connectivity index (χ1n) is 6.77. The number of nitrogens with zero attached hydrogens (tertiary/aromatic N) is 1. The Hall–Kier alpha value is -0.910. The van der Waals surface area contributed by atoms with E-state index in [0.717, 1.165) is 31.2 Å². The van der Waals surface area contributed by atoms with Gasteiger partial charge in [-0.25, -0.2) is 8.42 Å². The predicted molar refractivity (Wildman–Crippen MR) is 78.2 cm³/mol. The molecule has 0 amide bonds. The van der Waals surface area contributed by atoms with Crippen LogP contribution in [0.2, 0.25) is 0 Å². The number of rotatable bonds is 4. The molecule has 0 bridgehead atoms. The molecular weight excluding hydrogens is 298 g/mol. The van der Waals surface area contributed by atoms with Crippen LogP contribution in [0.4, 0.5) is 0 Å². The van der Waals surface area contributed by atoms with E-state index in [0.29, 0.717) is 13.1 Å². The first-order valence-corrected chi connectivity index (χ1v) is 8.59. The normalized spacial score (nSPS) is 17.6. The minimum atomic E-state index is -3.42. The van der Waals surface area contributed by atoms with E-state index < -0.39 is 15.3 Å². The quantitative estimate of drug-likeness (QED) is 0.802. The maximum absolute atomic E-state index is 12.5. The zero-order chi connectivity index (χ0) is 14.6. The molecule has 20 heavy (non-hydrogen) atoms. The van der Waals surface area contributed by atoms with E-state index in [9.17, 15) is 13.2 Å². The van der Waals surface area contributed by atoms with Crippen LogP contribution in [0.5, 0.6) is 0 Å². The molecule has 0 saturated carbocycles. The Kier molecular flexibility index (Phi) is 5.18. The Balaban J connectivity index is 2.18. The Bertz CT molecular complexity index is 561. The van der Waals surface area contributed by atoms with E-state index in [1.165, 1.54) is 0 Å². The summed E-state index contributed by atoms with van der Waals surface area (Å²) in [5.74, 6) is 0. The van der Waals surface area contributed by atoms with Crippen molar-refractivity contribution in [2.75, 3.05) is 13.1 Å². The first-order chi connectivity index (χ1) is 9.50. The Morgan fingerprint density at radius 1 is 1.05 bits per heavy atom. The highest BCUT2D eigenvalue weighted by molar-refractivity contribution is 7.89. The minimum absolute atomic E-state index is 0.117. The summed E-state index contributed by atoms with van der Waals surface area (Å²) in [6.07, 6.45) is 4.12. The van der Waals surface area contributed by atoms with E-state index in [2.05, 4.69) is 0 Å². The molecule has 1 saturated heterocycles. The number of hydrogen-bond acceptors (Lipinski definition) is 3. The van der Waals surface area contributed by atoms with E-state index in [1.54, 1.807) is 28.6 Å². The Labute approximate surface area is 124 Å². The second-order valence-corrected chi connectivity index (χ2v) is 7.35. The van der Waals surface area contributed by atoms with Crippen molar-refractivity contribution in [3.05, 3.63) is 29.8 Å². The predicted octanol–water partition coefficient (Wildman–Crippen LogP) is 2.56. The average Bonchev–Trinajstić information content (AvgIpc) is 2.68. The van der Waals surface area contributed by atoms with Crippen molar-refractivity contribution in [3.63, 3.8) is 0 Å². The Morgan fingerprint density at radius 2 is 1.60 bits per heavy atom. The lowest BCUT2D eigenvalue weighted by Crippen LogP contribution is -2.31. The van der Waals surface area contributed by atoms with Crippen molar-refractivity contribution in [2.45, 2.75) is 37.0 Å². The minimum Gasteiger partial charge on any atom is -0.281 e. The summed E-state index contributed by atoms with van der Waals surface area (Å²) in [6.45, 7) is 1.18. The van der Waals surface area contributed by atoms with Crippen molar-refractivity contribution in [2.24, 2.45) is 0 Å². The van der Waals surface area contributed by atoms with Gasteiger partial charge in [0.15, 0.2) is 0 Å². The third kappa shape index (κ3) is 3.81. The van der Waals surface area contributed by atoms with Gasteiger partial charge in [0, 0.05) is 19.5 Å². The molecule has 0 unspecified atom stereocenters. The molecule has 6 heteroatoms. The van der Waals surface area contributed by atoms with Gasteiger partial charge >= 0.3 is 0 Å². The van der Waals surface area contributed by atoms with Gasteiger partial charge in [0.1, 0.15) is 0 Å².